The predicted octanol–water partition coefficient (Wildman–Crippen LogP) is 4.26. The van der Waals surface area contributed by atoms with Crippen molar-refractivity contribution in [2.45, 2.75) is 32.4 Å². The number of anilines is 1. The molecule has 0 bridgehead atoms. The van der Waals surface area contributed by atoms with Crippen LogP contribution in [0.15, 0.2) is 70.1 Å². The summed E-state index contributed by atoms with van der Waals surface area (Å²) in [6.45, 7) is 4.10. The Morgan fingerprint density at radius 1 is 1.09 bits per heavy atom. The highest BCUT2D eigenvalue weighted by atomic mass is 16.3. The summed E-state index contributed by atoms with van der Waals surface area (Å²) in [4.78, 5) is 29.3. The fourth-order valence-corrected chi connectivity index (χ4v) is 4.84. The van der Waals surface area contributed by atoms with Gasteiger partial charge in [-0.3, -0.25) is 9.13 Å². The Kier molecular flexibility index (Phi) is 4.71. The summed E-state index contributed by atoms with van der Waals surface area (Å²) < 4.78 is 9.65. The third-order valence-corrected chi connectivity index (χ3v) is 6.40. The monoisotopic (exact) mass is 440 g/mol. The van der Waals surface area contributed by atoms with Gasteiger partial charge in [0.25, 0.3) is 0 Å². The normalized spacial score (nSPS) is 16.6. The van der Waals surface area contributed by atoms with Crippen LogP contribution >= 0.6 is 0 Å². The Morgan fingerprint density at radius 2 is 2.00 bits per heavy atom. The molecule has 1 fully saturated rings. The molecule has 0 saturated carbocycles. The van der Waals surface area contributed by atoms with Gasteiger partial charge in [-0.2, -0.15) is 0 Å². The second-order valence-electron chi connectivity index (χ2n) is 8.38. The molecule has 8 nitrogen and oxygen atoms in total. The largest absolute Gasteiger partial charge is 0.454 e. The molecule has 1 saturated heterocycles. The molecule has 1 aliphatic rings. The van der Waals surface area contributed by atoms with Crippen molar-refractivity contribution in [1.29, 1.82) is 0 Å². The fraction of sp³-hybridized carbons (Fsp3) is 0.280. The number of nitrogens with zero attached hydrogens (tertiary/aromatic N) is 6. The zero-order valence-electron chi connectivity index (χ0n) is 18.4. The van der Waals surface area contributed by atoms with Crippen LogP contribution in [0.1, 0.15) is 25.8 Å². The predicted molar refractivity (Wildman–Crippen MR) is 127 cm³/mol. The third-order valence-electron chi connectivity index (χ3n) is 6.40. The topological polar surface area (TPSA) is 82.0 Å². The van der Waals surface area contributed by atoms with E-state index < -0.39 is 0 Å². The molecule has 4 aromatic heterocycles. The van der Waals surface area contributed by atoms with E-state index in [4.69, 9.17) is 9.40 Å². The zero-order valence-corrected chi connectivity index (χ0v) is 18.4. The van der Waals surface area contributed by atoms with Gasteiger partial charge in [0, 0.05) is 37.4 Å². The first-order valence-corrected chi connectivity index (χ1v) is 11.4. The number of aromatic nitrogens is 5. The minimum Gasteiger partial charge on any atom is -0.454 e. The average molecular weight is 441 g/mol. The summed E-state index contributed by atoms with van der Waals surface area (Å²) in [7, 11) is 0. The molecule has 0 N–H and O–H groups in total. The zero-order chi connectivity index (χ0) is 22.4. The quantitative estimate of drug-likeness (QED) is 0.415. The number of piperidine rings is 1. The number of aryl methyl sites for hydroxylation is 1. The summed E-state index contributed by atoms with van der Waals surface area (Å²) in [6, 6.07) is 15.7. The van der Waals surface area contributed by atoms with E-state index in [-0.39, 0.29) is 11.7 Å². The number of hydrogen-bond donors (Lipinski definition) is 0. The van der Waals surface area contributed by atoms with E-state index in [1.54, 1.807) is 17.0 Å². The molecule has 1 aromatic carbocycles. The maximum absolute atomic E-state index is 13.2. The molecule has 6 rings (SSSR count). The SMILES string of the molecule is CCn1c(=O)n(C2CCCN(c3nccc(-c4cc5ccccc5o4)n3)C2)c2ncccc21. The van der Waals surface area contributed by atoms with E-state index >= 15 is 0 Å². The number of hydrogen-bond acceptors (Lipinski definition) is 6. The van der Waals surface area contributed by atoms with Crippen LogP contribution in [0.4, 0.5) is 5.95 Å². The van der Waals surface area contributed by atoms with Crippen molar-refractivity contribution in [2.24, 2.45) is 0 Å². The maximum Gasteiger partial charge on any atom is 0.330 e. The highest BCUT2D eigenvalue weighted by molar-refractivity contribution is 5.82. The number of para-hydroxylation sites is 1. The van der Waals surface area contributed by atoms with Crippen LogP contribution < -0.4 is 10.6 Å². The molecule has 0 spiro atoms. The number of furan rings is 1. The smallest absolute Gasteiger partial charge is 0.330 e. The maximum atomic E-state index is 13.2. The Morgan fingerprint density at radius 3 is 2.88 bits per heavy atom. The Hall–Kier alpha value is -3.94. The first-order chi connectivity index (χ1) is 16.2. The molecule has 1 aliphatic heterocycles. The molecule has 1 unspecified atom stereocenters. The Labute approximate surface area is 190 Å². The van der Waals surface area contributed by atoms with E-state index in [0.717, 1.165) is 53.0 Å². The van der Waals surface area contributed by atoms with Crippen LogP contribution in [-0.4, -0.2) is 37.2 Å². The molecular formula is C25H24N6O2. The Bertz CT molecular complexity index is 1480. The molecule has 0 radical (unpaired) electrons. The van der Waals surface area contributed by atoms with Gasteiger partial charge in [-0.05, 0) is 50.1 Å². The standard InChI is InChI=1S/C25H24N6O2/c1-2-30-20-9-5-12-26-23(20)31(25(30)32)18-8-6-14-29(16-18)24-27-13-11-19(28-24)22-15-17-7-3-4-10-21(17)33-22/h3-5,7,9-13,15,18H,2,6,8,14,16H2,1H3. The first-order valence-electron chi connectivity index (χ1n) is 11.4. The summed E-state index contributed by atoms with van der Waals surface area (Å²) in [5.41, 5.74) is 3.21. The fourth-order valence-electron chi connectivity index (χ4n) is 4.84. The number of pyridine rings is 1. The molecule has 166 valence electrons. The lowest BCUT2D eigenvalue weighted by molar-refractivity contribution is 0.396. The lowest BCUT2D eigenvalue weighted by Crippen LogP contribution is -2.41. The molecular weight excluding hydrogens is 416 g/mol. The average Bonchev–Trinajstić information content (AvgIpc) is 3.42. The number of fused-ring (bicyclic) bond motifs is 2. The van der Waals surface area contributed by atoms with Crippen LogP contribution in [0.25, 0.3) is 33.6 Å². The minimum absolute atomic E-state index is 0.00463. The van der Waals surface area contributed by atoms with Crippen LogP contribution in [0.2, 0.25) is 0 Å². The van der Waals surface area contributed by atoms with Crippen molar-refractivity contribution in [2.75, 3.05) is 18.0 Å². The van der Waals surface area contributed by atoms with Gasteiger partial charge in [0.15, 0.2) is 11.4 Å². The van der Waals surface area contributed by atoms with Gasteiger partial charge in [0.05, 0.1) is 11.6 Å². The van der Waals surface area contributed by atoms with Gasteiger partial charge in [0.2, 0.25) is 5.95 Å². The van der Waals surface area contributed by atoms with Crippen molar-refractivity contribution < 1.29 is 4.42 Å². The van der Waals surface area contributed by atoms with Crippen LogP contribution in [0, 0.1) is 0 Å². The molecule has 8 heteroatoms. The number of imidazole rings is 1. The summed E-state index contributed by atoms with van der Waals surface area (Å²) in [6.07, 6.45) is 5.38. The van der Waals surface area contributed by atoms with E-state index in [0.29, 0.717) is 19.0 Å². The molecule has 1 atom stereocenters. The van der Waals surface area contributed by atoms with Crippen LogP contribution in [-0.2, 0) is 6.54 Å². The lowest BCUT2D eigenvalue weighted by Gasteiger charge is -2.33. The molecule has 5 heterocycles. The minimum atomic E-state index is -0.00463. The van der Waals surface area contributed by atoms with Crippen molar-refractivity contribution in [1.82, 2.24) is 24.1 Å². The highest BCUT2D eigenvalue weighted by Crippen LogP contribution is 2.29. The molecule has 33 heavy (non-hydrogen) atoms. The van der Waals surface area contributed by atoms with Crippen molar-refractivity contribution in [3.63, 3.8) is 0 Å². The second-order valence-corrected chi connectivity index (χ2v) is 8.38. The van der Waals surface area contributed by atoms with Crippen molar-refractivity contribution in [3.8, 4) is 11.5 Å². The van der Waals surface area contributed by atoms with Crippen LogP contribution in [0.3, 0.4) is 0 Å². The molecule has 5 aromatic rings. The summed E-state index contributed by atoms with van der Waals surface area (Å²) in [5, 5.41) is 1.05. The van der Waals surface area contributed by atoms with Crippen LogP contribution in [0.5, 0.6) is 0 Å². The van der Waals surface area contributed by atoms with Gasteiger partial charge in [-0.1, -0.05) is 18.2 Å². The number of benzene rings is 1. The highest BCUT2D eigenvalue weighted by Gasteiger charge is 2.27. The van der Waals surface area contributed by atoms with Crippen molar-refractivity contribution >= 4 is 28.1 Å². The Balaban J connectivity index is 1.34. The third kappa shape index (κ3) is 3.29. The van der Waals surface area contributed by atoms with E-state index in [1.165, 1.54) is 0 Å². The summed E-state index contributed by atoms with van der Waals surface area (Å²) >= 11 is 0. The molecule has 0 amide bonds. The van der Waals surface area contributed by atoms with Gasteiger partial charge in [-0.25, -0.2) is 19.7 Å². The van der Waals surface area contributed by atoms with Gasteiger partial charge < -0.3 is 9.32 Å². The summed E-state index contributed by atoms with van der Waals surface area (Å²) in [5.74, 6) is 1.37. The van der Waals surface area contributed by atoms with Gasteiger partial charge in [0.1, 0.15) is 11.3 Å². The second kappa shape index (κ2) is 7.88. The van der Waals surface area contributed by atoms with E-state index in [1.807, 2.05) is 60.0 Å². The first kappa shape index (κ1) is 19.7. The molecule has 0 aliphatic carbocycles. The van der Waals surface area contributed by atoms with E-state index in [2.05, 4.69) is 14.9 Å². The number of rotatable bonds is 4. The van der Waals surface area contributed by atoms with Crippen molar-refractivity contribution in [3.05, 3.63) is 71.4 Å². The van der Waals surface area contributed by atoms with Gasteiger partial charge in [-0.15, -0.1) is 0 Å². The van der Waals surface area contributed by atoms with E-state index in [9.17, 15) is 4.79 Å². The lowest BCUT2D eigenvalue weighted by atomic mass is 10.1. The van der Waals surface area contributed by atoms with Gasteiger partial charge >= 0.3 is 5.69 Å².